The summed E-state index contributed by atoms with van der Waals surface area (Å²) in [6.07, 6.45) is 0.217. The van der Waals surface area contributed by atoms with Crippen molar-refractivity contribution in [2.24, 2.45) is 0 Å². The Bertz CT molecular complexity index is 574. The van der Waals surface area contributed by atoms with E-state index in [-0.39, 0.29) is 24.5 Å². The zero-order chi connectivity index (χ0) is 15.1. The molecule has 0 aromatic heterocycles. The fraction of sp³-hybridized carbons (Fsp3) is 0.500. The number of carbonyl (C=O) groups is 2. The molecule has 0 saturated heterocycles. The number of rotatable bonds is 4. The monoisotopic (exact) mass is 276 g/mol. The molecule has 0 heterocycles. The van der Waals surface area contributed by atoms with Crippen molar-refractivity contribution in [3.63, 3.8) is 0 Å². The van der Waals surface area contributed by atoms with Gasteiger partial charge in [-0.15, -0.1) is 0 Å². The van der Waals surface area contributed by atoms with Gasteiger partial charge in [0.2, 0.25) is 0 Å². The van der Waals surface area contributed by atoms with Crippen LogP contribution in [0.3, 0.4) is 0 Å². The van der Waals surface area contributed by atoms with Gasteiger partial charge in [0.1, 0.15) is 5.75 Å². The maximum atomic E-state index is 12.2. The first-order valence-electron chi connectivity index (χ1n) is 6.76. The maximum absolute atomic E-state index is 12.2. The predicted molar refractivity (Wildman–Crippen MR) is 75.6 cm³/mol. The number of Topliss-reactive ketones (excluding diaryl/α,β-unsaturated/α-hetero) is 1. The zero-order valence-corrected chi connectivity index (χ0v) is 12.3. The highest BCUT2D eigenvalue weighted by molar-refractivity contribution is 6.03. The molecule has 4 heteroatoms. The molecule has 4 nitrogen and oxygen atoms in total. The van der Waals surface area contributed by atoms with E-state index in [0.29, 0.717) is 11.3 Å². The fourth-order valence-corrected chi connectivity index (χ4v) is 2.99. The predicted octanol–water partition coefficient (Wildman–Crippen LogP) is 3.14. The highest BCUT2D eigenvalue weighted by atomic mass is 16.5. The number of ether oxygens (including phenoxy) is 1. The van der Waals surface area contributed by atoms with E-state index in [0.717, 1.165) is 11.1 Å². The number of carboxylic acid groups (broad SMARTS) is 1. The van der Waals surface area contributed by atoms with E-state index in [1.54, 1.807) is 13.2 Å². The molecule has 1 aliphatic carbocycles. The van der Waals surface area contributed by atoms with Gasteiger partial charge in [0, 0.05) is 17.4 Å². The molecular weight excluding hydrogens is 256 g/mol. The number of fused-ring (bicyclic) bond motifs is 1. The summed E-state index contributed by atoms with van der Waals surface area (Å²) in [5.74, 6) is 0.0686. The van der Waals surface area contributed by atoms with Gasteiger partial charge in [-0.3, -0.25) is 9.59 Å². The number of carboxylic acids is 1. The lowest BCUT2D eigenvalue weighted by Crippen LogP contribution is -2.23. The molecule has 0 aliphatic heterocycles. The van der Waals surface area contributed by atoms with Gasteiger partial charge in [0.15, 0.2) is 5.78 Å². The lowest BCUT2D eigenvalue weighted by Gasteiger charge is -2.24. The summed E-state index contributed by atoms with van der Waals surface area (Å²) in [5, 5.41) is 9.09. The molecule has 0 saturated carbocycles. The van der Waals surface area contributed by atoms with Gasteiger partial charge in [-0.2, -0.15) is 0 Å². The number of aliphatic carboxylic acids is 1. The number of methoxy groups -OCH3 is 1. The molecule has 1 aromatic rings. The van der Waals surface area contributed by atoms with Crippen LogP contribution in [0.1, 0.15) is 61.0 Å². The van der Waals surface area contributed by atoms with Crippen LogP contribution in [0.15, 0.2) is 12.1 Å². The van der Waals surface area contributed by atoms with E-state index in [2.05, 4.69) is 13.8 Å². The van der Waals surface area contributed by atoms with Gasteiger partial charge in [-0.25, -0.2) is 0 Å². The van der Waals surface area contributed by atoms with Crippen molar-refractivity contribution in [2.75, 3.05) is 7.11 Å². The van der Waals surface area contributed by atoms with Gasteiger partial charge in [0.05, 0.1) is 13.5 Å². The normalized spacial score (nSPS) is 21.1. The van der Waals surface area contributed by atoms with Crippen molar-refractivity contribution >= 4 is 11.8 Å². The van der Waals surface area contributed by atoms with E-state index >= 15 is 0 Å². The zero-order valence-electron chi connectivity index (χ0n) is 12.3. The van der Waals surface area contributed by atoms with Crippen molar-refractivity contribution in [1.82, 2.24) is 0 Å². The lowest BCUT2D eigenvalue weighted by molar-refractivity contribution is -0.138. The molecule has 0 amide bonds. The van der Waals surface area contributed by atoms with Crippen LogP contribution in [0.4, 0.5) is 0 Å². The van der Waals surface area contributed by atoms with Crippen LogP contribution < -0.4 is 4.74 Å². The largest absolute Gasteiger partial charge is 0.496 e. The summed E-state index contributed by atoms with van der Waals surface area (Å²) < 4.78 is 5.36. The third kappa shape index (κ3) is 2.30. The molecule has 1 N–H and O–H groups in total. The SMILES string of the molecule is COc1cc2c(cc1C(C)C)C(C)(CC(=O)O)CC2=O. The number of ketones is 1. The van der Waals surface area contributed by atoms with Crippen LogP contribution in [0.25, 0.3) is 0 Å². The van der Waals surface area contributed by atoms with Gasteiger partial charge < -0.3 is 9.84 Å². The average molecular weight is 276 g/mol. The minimum Gasteiger partial charge on any atom is -0.496 e. The molecule has 0 radical (unpaired) electrons. The molecule has 0 bridgehead atoms. The molecule has 0 fully saturated rings. The average Bonchev–Trinajstić information content (AvgIpc) is 2.58. The molecule has 1 aliphatic rings. The summed E-state index contributed by atoms with van der Waals surface area (Å²) in [4.78, 5) is 23.2. The van der Waals surface area contributed by atoms with Crippen LogP contribution in [-0.4, -0.2) is 24.0 Å². The first-order chi connectivity index (χ1) is 9.28. The van der Waals surface area contributed by atoms with Crippen LogP contribution >= 0.6 is 0 Å². The Hall–Kier alpha value is -1.84. The summed E-state index contributed by atoms with van der Waals surface area (Å²) in [6, 6.07) is 3.72. The standard InChI is InChI=1S/C16H20O4/c1-9(2)10-5-12-11(6-14(10)20-4)13(17)7-16(12,3)8-15(18)19/h5-6,9H,7-8H2,1-4H3,(H,18,19). The second-order valence-electron chi connectivity index (χ2n) is 6.03. The van der Waals surface area contributed by atoms with Gasteiger partial charge in [-0.05, 0) is 23.1 Å². The molecule has 1 atom stereocenters. The van der Waals surface area contributed by atoms with Crippen LogP contribution in [0.2, 0.25) is 0 Å². The van der Waals surface area contributed by atoms with Crippen molar-refractivity contribution < 1.29 is 19.4 Å². The van der Waals surface area contributed by atoms with Gasteiger partial charge in [0.25, 0.3) is 0 Å². The Morgan fingerprint density at radius 2 is 2.10 bits per heavy atom. The Morgan fingerprint density at radius 1 is 1.45 bits per heavy atom. The highest BCUT2D eigenvalue weighted by Crippen LogP contribution is 2.44. The van der Waals surface area contributed by atoms with E-state index in [4.69, 9.17) is 9.84 Å². The summed E-state index contributed by atoms with van der Waals surface area (Å²) in [6.45, 7) is 5.95. The Morgan fingerprint density at radius 3 is 2.60 bits per heavy atom. The maximum Gasteiger partial charge on any atom is 0.304 e. The second-order valence-corrected chi connectivity index (χ2v) is 6.03. The van der Waals surface area contributed by atoms with E-state index in [1.165, 1.54) is 0 Å². The molecule has 0 spiro atoms. The van der Waals surface area contributed by atoms with Crippen molar-refractivity contribution in [3.8, 4) is 5.75 Å². The first-order valence-corrected chi connectivity index (χ1v) is 6.76. The Balaban J connectivity index is 2.61. The minimum absolute atomic E-state index is 0.00245. The Kier molecular flexibility index (Phi) is 3.59. The van der Waals surface area contributed by atoms with E-state index < -0.39 is 11.4 Å². The number of hydrogen-bond donors (Lipinski definition) is 1. The van der Waals surface area contributed by atoms with Crippen LogP contribution in [0, 0.1) is 0 Å². The van der Waals surface area contributed by atoms with Crippen LogP contribution in [-0.2, 0) is 10.2 Å². The van der Waals surface area contributed by atoms with Crippen molar-refractivity contribution in [1.29, 1.82) is 0 Å². The van der Waals surface area contributed by atoms with E-state index in [1.807, 2.05) is 13.0 Å². The number of benzene rings is 1. The van der Waals surface area contributed by atoms with Crippen molar-refractivity contribution in [3.05, 3.63) is 28.8 Å². The summed E-state index contributed by atoms with van der Waals surface area (Å²) >= 11 is 0. The highest BCUT2D eigenvalue weighted by Gasteiger charge is 2.42. The first kappa shape index (κ1) is 14.6. The quantitative estimate of drug-likeness (QED) is 0.917. The molecule has 108 valence electrons. The number of carbonyl (C=O) groups excluding carboxylic acids is 1. The fourth-order valence-electron chi connectivity index (χ4n) is 2.99. The molecule has 1 aromatic carbocycles. The molecule has 2 rings (SSSR count). The third-order valence-corrected chi connectivity index (χ3v) is 4.03. The van der Waals surface area contributed by atoms with Crippen molar-refractivity contribution in [2.45, 2.75) is 44.9 Å². The van der Waals surface area contributed by atoms with Crippen LogP contribution in [0.5, 0.6) is 5.75 Å². The molecule has 20 heavy (non-hydrogen) atoms. The lowest BCUT2D eigenvalue weighted by atomic mass is 9.79. The third-order valence-electron chi connectivity index (χ3n) is 4.03. The minimum atomic E-state index is -0.880. The number of hydrogen-bond acceptors (Lipinski definition) is 3. The second kappa shape index (κ2) is 4.93. The van der Waals surface area contributed by atoms with E-state index in [9.17, 15) is 9.59 Å². The smallest absolute Gasteiger partial charge is 0.304 e. The summed E-state index contributed by atoms with van der Waals surface area (Å²) in [5.41, 5.74) is 1.84. The molecular formula is C16H20O4. The molecule has 1 unspecified atom stereocenters. The summed E-state index contributed by atoms with van der Waals surface area (Å²) in [7, 11) is 1.59. The van der Waals surface area contributed by atoms with Gasteiger partial charge >= 0.3 is 5.97 Å². The topological polar surface area (TPSA) is 63.6 Å². The Labute approximate surface area is 118 Å². The van der Waals surface area contributed by atoms with Gasteiger partial charge in [-0.1, -0.05) is 26.8 Å².